The first-order valence-electron chi connectivity index (χ1n) is 3.25. The van der Waals surface area contributed by atoms with E-state index in [4.69, 9.17) is 5.26 Å². The molecule has 5 nitrogen and oxygen atoms in total. The molecule has 0 amide bonds. The lowest BCUT2D eigenvalue weighted by atomic mass is 10.2. The Balaban J connectivity index is 3.68. The maximum absolute atomic E-state index is 11.1. The minimum atomic E-state index is -0.583. The van der Waals surface area contributed by atoms with Crippen LogP contribution in [0.5, 0.6) is 5.75 Å². The molecule has 0 bridgehead atoms. The molecule has 0 aromatic carbocycles. The lowest BCUT2D eigenvalue weighted by Crippen LogP contribution is -2.23. The number of nitriles is 1. The lowest BCUT2D eigenvalue weighted by molar-refractivity contribution is 0.455. The second kappa shape index (κ2) is 2.66. The normalized spacial score (nSPS) is 9.42. The van der Waals surface area contributed by atoms with E-state index >= 15 is 0 Å². The highest BCUT2D eigenvalue weighted by Crippen LogP contribution is 2.13. The predicted molar refractivity (Wildman–Crippen MR) is 40.6 cm³/mol. The van der Waals surface area contributed by atoms with Crippen LogP contribution in [-0.4, -0.2) is 14.9 Å². The SMILES string of the molecule is Cc1nn(C)c(=O)c(C#N)c1O. The van der Waals surface area contributed by atoms with Gasteiger partial charge in [-0.05, 0) is 6.92 Å². The molecule has 1 N–H and O–H groups in total. The summed E-state index contributed by atoms with van der Waals surface area (Å²) >= 11 is 0. The molecule has 12 heavy (non-hydrogen) atoms. The average molecular weight is 165 g/mol. The van der Waals surface area contributed by atoms with Crippen LogP contribution in [0.1, 0.15) is 11.3 Å². The van der Waals surface area contributed by atoms with Gasteiger partial charge in [-0.1, -0.05) is 0 Å². The fourth-order valence-electron chi connectivity index (χ4n) is 0.863. The Morgan fingerprint density at radius 3 is 2.75 bits per heavy atom. The van der Waals surface area contributed by atoms with Gasteiger partial charge >= 0.3 is 0 Å². The molecule has 0 radical (unpaired) electrons. The molecule has 0 aliphatic carbocycles. The number of hydrogen-bond acceptors (Lipinski definition) is 4. The van der Waals surface area contributed by atoms with Crippen LogP contribution in [0.3, 0.4) is 0 Å². The molecule has 0 unspecified atom stereocenters. The molecular formula is C7H7N3O2. The van der Waals surface area contributed by atoms with Gasteiger partial charge in [0.1, 0.15) is 11.8 Å². The summed E-state index contributed by atoms with van der Waals surface area (Å²) in [4.78, 5) is 11.1. The molecule has 0 saturated carbocycles. The standard InChI is InChI=1S/C7H7N3O2/c1-4-6(11)5(3-8)7(12)10(2)9-4/h11H,1-2H3. The summed E-state index contributed by atoms with van der Waals surface area (Å²) in [5.74, 6) is -0.333. The van der Waals surface area contributed by atoms with E-state index < -0.39 is 5.56 Å². The summed E-state index contributed by atoms with van der Waals surface area (Å²) < 4.78 is 1.02. The van der Waals surface area contributed by atoms with Crippen LogP contribution in [-0.2, 0) is 7.05 Å². The van der Waals surface area contributed by atoms with Crippen LogP contribution in [0.15, 0.2) is 4.79 Å². The largest absolute Gasteiger partial charge is 0.505 e. The third-order valence-corrected chi connectivity index (χ3v) is 1.50. The second-order valence-electron chi connectivity index (χ2n) is 2.35. The fraction of sp³-hybridized carbons (Fsp3) is 0.286. The first-order chi connectivity index (χ1) is 5.57. The van der Waals surface area contributed by atoms with E-state index in [0.717, 1.165) is 4.68 Å². The highest BCUT2D eigenvalue weighted by atomic mass is 16.3. The maximum atomic E-state index is 11.1. The highest BCUT2D eigenvalue weighted by Gasteiger charge is 2.11. The number of aromatic nitrogens is 2. The first kappa shape index (κ1) is 8.27. The van der Waals surface area contributed by atoms with Gasteiger partial charge < -0.3 is 5.11 Å². The number of nitrogens with zero attached hydrogens (tertiary/aromatic N) is 3. The number of aryl methyl sites for hydroxylation is 2. The molecule has 0 fully saturated rings. The van der Waals surface area contributed by atoms with Crippen LogP contribution in [0.4, 0.5) is 0 Å². The van der Waals surface area contributed by atoms with E-state index in [1.54, 1.807) is 6.07 Å². The topological polar surface area (TPSA) is 78.9 Å². The zero-order chi connectivity index (χ0) is 9.30. The predicted octanol–water partition coefficient (Wildman–Crippen LogP) is -0.334. The van der Waals surface area contributed by atoms with Crippen molar-refractivity contribution in [3.8, 4) is 11.8 Å². The molecule has 1 aromatic rings. The zero-order valence-corrected chi connectivity index (χ0v) is 6.70. The molecule has 1 rings (SSSR count). The highest BCUT2D eigenvalue weighted by molar-refractivity contribution is 5.41. The monoisotopic (exact) mass is 165 g/mol. The fourth-order valence-corrected chi connectivity index (χ4v) is 0.863. The zero-order valence-electron chi connectivity index (χ0n) is 6.70. The third-order valence-electron chi connectivity index (χ3n) is 1.50. The van der Waals surface area contributed by atoms with Crippen molar-refractivity contribution < 1.29 is 5.11 Å². The van der Waals surface area contributed by atoms with E-state index in [2.05, 4.69) is 5.10 Å². The Bertz CT molecular complexity index is 414. The van der Waals surface area contributed by atoms with Gasteiger partial charge in [0.05, 0.1) is 0 Å². The molecule has 0 aliphatic rings. The van der Waals surface area contributed by atoms with Crippen LogP contribution in [0, 0.1) is 18.3 Å². The average Bonchev–Trinajstić information content (AvgIpc) is 2.02. The maximum Gasteiger partial charge on any atom is 0.288 e. The molecule has 0 saturated heterocycles. The van der Waals surface area contributed by atoms with Crippen molar-refractivity contribution in [3.05, 3.63) is 21.6 Å². The minimum absolute atomic E-state index is 0.259. The molecule has 5 heteroatoms. The molecule has 1 aromatic heterocycles. The second-order valence-corrected chi connectivity index (χ2v) is 2.35. The van der Waals surface area contributed by atoms with Crippen molar-refractivity contribution in [1.82, 2.24) is 9.78 Å². The summed E-state index contributed by atoms with van der Waals surface area (Å²) in [5, 5.41) is 21.4. The van der Waals surface area contributed by atoms with E-state index in [9.17, 15) is 9.90 Å². The lowest BCUT2D eigenvalue weighted by Gasteiger charge is -2.01. The Kier molecular flexibility index (Phi) is 1.83. The van der Waals surface area contributed by atoms with E-state index in [1.165, 1.54) is 14.0 Å². The van der Waals surface area contributed by atoms with Gasteiger partial charge in [0, 0.05) is 7.05 Å². The summed E-state index contributed by atoms with van der Waals surface area (Å²) in [5.41, 5.74) is -0.570. The van der Waals surface area contributed by atoms with Gasteiger partial charge in [0.2, 0.25) is 0 Å². The summed E-state index contributed by atoms with van der Waals surface area (Å²) in [6.07, 6.45) is 0. The van der Waals surface area contributed by atoms with Gasteiger partial charge in [-0.15, -0.1) is 0 Å². The number of rotatable bonds is 0. The van der Waals surface area contributed by atoms with Gasteiger partial charge in [-0.2, -0.15) is 10.4 Å². The third kappa shape index (κ3) is 1.03. The van der Waals surface area contributed by atoms with E-state index in [1.807, 2.05) is 0 Å². The van der Waals surface area contributed by atoms with Crippen molar-refractivity contribution in [2.45, 2.75) is 6.92 Å². The molecule has 0 atom stereocenters. The summed E-state index contributed by atoms with van der Waals surface area (Å²) in [6, 6.07) is 1.62. The number of aromatic hydroxyl groups is 1. The Labute approximate surface area is 68.5 Å². The molecule has 1 heterocycles. The van der Waals surface area contributed by atoms with Gasteiger partial charge in [0.25, 0.3) is 5.56 Å². The minimum Gasteiger partial charge on any atom is -0.505 e. The number of hydrogen-bond donors (Lipinski definition) is 1. The van der Waals surface area contributed by atoms with Crippen molar-refractivity contribution in [2.24, 2.45) is 7.05 Å². The Hall–Kier alpha value is -1.83. The smallest absolute Gasteiger partial charge is 0.288 e. The van der Waals surface area contributed by atoms with Crippen molar-refractivity contribution in [1.29, 1.82) is 5.26 Å². The van der Waals surface area contributed by atoms with Crippen LogP contribution in [0.25, 0.3) is 0 Å². The Morgan fingerprint density at radius 2 is 2.25 bits per heavy atom. The summed E-state index contributed by atoms with van der Waals surface area (Å²) in [6.45, 7) is 1.52. The molecule has 0 aliphatic heterocycles. The van der Waals surface area contributed by atoms with Crippen molar-refractivity contribution in [3.63, 3.8) is 0 Å². The van der Waals surface area contributed by atoms with Gasteiger partial charge in [-0.3, -0.25) is 4.79 Å². The van der Waals surface area contributed by atoms with E-state index in [-0.39, 0.29) is 17.0 Å². The van der Waals surface area contributed by atoms with E-state index in [0.29, 0.717) is 0 Å². The van der Waals surface area contributed by atoms with Crippen molar-refractivity contribution in [2.75, 3.05) is 0 Å². The molecular weight excluding hydrogens is 158 g/mol. The first-order valence-corrected chi connectivity index (χ1v) is 3.25. The quantitative estimate of drug-likeness (QED) is 0.570. The van der Waals surface area contributed by atoms with Crippen LogP contribution < -0.4 is 5.56 Å². The summed E-state index contributed by atoms with van der Waals surface area (Å²) in [7, 11) is 1.43. The van der Waals surface area contributed by atoms with Gasteiger partial charge in [0.15, 0.2) is 11.3 Å². The van der Waals surface area contributed by atoms with Crippen molar-refractivity contribution >= 4 is 0 Å². The Morgan fingerprint density at radius 1 is 1.67 bits per heavy atom. The molecule has 0 spiro atoms. The van der Waals surface area contributed by atoms with Crippen LogP contribution >= 0.6 is 0 Å². The molecule has 62 valence electrons. The van der Waals surface area contributed by atoms with Crippen LogP contribution in [0.2, 0.25) is 0 Å². The van der Waals surface area contributed by atoms with Gasteiger partial charge in [-0.25, -0.2) is 4.68 Å².